The molecule has 1 unspecified atom stereocenters. The first-order chi connectivity index (χ1) is 8.98. The average Bonchev–Trinajstić information content (AvgIpc) is 2.41. The molecule has 0 bridgehead atoms. The molecule has 0 aliphatic heterocycles. The van der Waals surface area contributed by atoms with Crippen LogP contribution in [-0.2, 0) is 11.2 Å². The summed E-state index contributed by atoms with van der Waals surface area (Å²) in [6.07, 6.45) is 4.16. The SMILES string of the molecule is COC(C)(C)CCC(CCc1ccccc1C)NN. The fourth-order valence-corrected chi connectivity index (χ4v) is 2.16. The van der Waals surface area contributed by atoms with Crippen molar-refractivity contribution in [2.24, 2.45) is 5.84 Å². The average molecular weight is 264 g/mol. The zero-order valence-corrected chi connectivity index (χ0v) is 12.7. The zero-order valence-electron chi connectivity index (χ0n) is 12.7. The molecule has 1 atom stereocenters. The summed E-state index contributed by atoms with van der Waals surface area (Å²) >= 11 is 0. The molecule has 0 aromatic heterocycles. The van der Waals surface area contributed by atoms with Crippen LogP contribution in [0.4, 0.5) is 0 Å². The van der Waals surface area contributed by atoms with Gasteiger partial charge in [-0.2, -0.15) is 0 Å². The van der Waals surface area contributed by atoms with Crippen LogP contribution in [0, 0.1) is 6.92 Å². The lowest BCUT2D eigenvalue weighted by Crippen LogP contribution is -2.37. The summed E-state index contributed by atoms with van der Waals surface area (Å²) < 4.78 is 5.45. The minimum absolute atomic E-state index is 0.0717. The van der Waals surface area contributed by atoms with Crippen molar-refractivity contribution in [3.8, 4) is 0 Å². The normalized spacial score (nSPS) is 13.5. The van der Waals surface area contributed by atoms with Gasteiger partial charge in [0.25, 0.3) is 0 Å². The molecule has 0 heterocycles. The van der Waals surface area contributed by atoms with E-state index in [1.54, 1.807) is 7.11 Å². The predicted molar refractivity (Wildman–Crippen MR) is 80.9 cm³/mol. The van der Waals surface area contributed by atoms with Gasteiger partial charge in [-0.05, 0) is 57.6 Å². The van der Waals surface area contributed by atoms with Crippen molar-refractivity contribution in [3.05, 3.63) is 35.4 Å². The molecule has 3 nitrogen and oxygen atoms in total. The molecular weight excluding hydrogens is 236 g/mol. The minimum Gasteiger partial charge on any atom is -0.379 e. The molecule has 1 rings (SSSR count). The molecule has 3 N–H and O–H groups in total. The van der Waals surface area contributed by atoms with Crippen molar-refractivity contribution in [2.75, 3.05) is 7.11 Å². The molecule has 19 heavy (non-hydrogen) atoms. The molecule has 1 aromatic rings. The van der Waals surface area contributed by atoms with E-state index in [9.17, 15) is 0 Å². The number of nitrogens with one attached hydrogen (secondary N) is 1. The first-order valence-corrected chi connectivity index (χ1v) is 7.04. The smallest absolute Gasteiger partial charge is 0.0623 e. The van der Waals surface area contributed by atoms with Crippen LogP contribution in [0.5, 0.6) is 0 Å². The third kappa shape index (κ3) is 5.72. The third-order valence-electron chi connectivity index (χ3n) is 3.91. The van der Waals surface area contributed by atoms with Gasteiger partial charge in [0.05, 0.1) is 5.60 Å². The second-order valence-electron chi connectivity index (χ2n) is 5.83. The number of nitrogens with two attached hydrogens (primary N) is 1. The maximum absolute atomic E-state index is 5.65. The van der Waals surface area contributed by atoms with Gasteiger partial charge < -0.3 is 4.74 Å². The van der Waals surface area contributed by atoms with Crippen molar-refractivity contribution in [1.82, 2.24) is 5.43 Å². The van der Waals surface area contributed by atoms with E-state index < -0.39 is 0 Å². The van der Waals surface area contributed by atoms with E-state index >= 15 is 0 Å². The predicted octanol–water partition coefficient (Wildman–Crippen LogP) is 2.96. The van der Waals surface area contributed by atoms with E-state index in [2.05, 4.69) is 50.5 Å². The van der Waals surface area contributed by atoms with Crippen molar-refractivity contribution >= 4 is 0 Å². The number of hydrogen-bond acceptors (Lipinski definition) is 3. The van der Waals surface area contributed by atoms with Gasteiger partial charge in [0, 0.05) is 13.2 Å². The van der Waals surface area contributed by atoms with E-state index in [0.717, 1.165) is 25.7 Å². The van der Waals surface area contributed by atoms with E-state index in [0.29, 0.717) is 6.04 Å². The molecule has 0 aliphatic rings. The van der Waals surface area contributed by atoms with Crippen LogP contribution < -0.4 is 11.3 Å². The molecule has 1 aromatic carbocycles. The van der Waals surface area contributed by atoms with Crippen LogP contribution in [0.3, 0.4) is 0 Å². The fourth-order valence-electron chi connectivity index (χ4n) is 2.16. The summed E-state index contributed by atoms with van der Waals surface area (Å²) in [6, 6.07) is 8.88. The van der Waals surface area contributed by atoms with Crippen LogP contribution in [-0.4, -0.2) is 18.8 Å². The Morgan fingerprint density at radius 3 is 2.53 bits per heavy atom. The van der Waals surface area contributed by atoms with Crippen molar-refractivity contribution in [3.63, 3.8) is 0 Å². The molecular formula is C16H28N2O. The van der Waals surface area contributed by atoms with E-state index in [1.165, 1.54) is 11.1 Å². The van der Waals surface area contributed by atoms with Gasteiger partial charge in [-0.25, -0.2) is 0 Å². The fraction of sp³-hybridized carbons (Fsp3) is 0.625. The van der Waals surface area contributed by atoms with Crippen LogP contribution in [0.1, 0.15) is 44.2 Å². The van der Waals surface area contributed by atoms with Gasteiger partial charge in [0.15, 0.2) is 0 Å². The van der Waals surface area contributed by atoms with Crippen LogP contribution >= 0.6 is 0 Å². The second kappa shape index (κ2) is 7.63. The van der Waals surface area contributed by atoms with Gasteiger partial charge in [-0.1, -0.05) is 24.3 Å². The molecule has 0 amide bonds. The van der Waals surface area contributed by atoms with Crippen molar-refractivity contribution < 1.29 is 4.74 Å². The Hall–Kier alpha value is -0.900. The molecule has 108 valence electrons. The summed E-state index contributed by atoms with van der Waals surface area (Å²) in [5, 5.41) is 0. The molecule has 0 radical (unpaired) electrons. The monoisotopic (exact) mass is 264 g/mol. The number of ether oxygens (including phenoxy) is 1. The lowest BCUT2D eigenvalue weighted by Gasteiger charge is -2.25. The molecule has 0 fully saturated rings. The van der Waals surface area contributed by atoms with Gasteiger partial charge in [-0.3, -0.25) is 11.3 Å². The van der Waals surface area contributed by atoms with Gasteiger partial charge in [0.2, 0.25) is 0 Å². The van der Waals surface area contributed by atoms with Crippen LogP contribution in [0.2, 0.25) is 0 Å². The largest absolute Gasteiger partial charge is 0.379 e. The van der Waals surface area contributed by atoms with Gasteiger partial charge >= 0.3 is 0 Å². The first-order valence-electron chi connectivity index (χ1n) is 7.04. The Morgan fingerprint density at radius 2 is 1.95 bits per heavy atom. The quantitative estimate of drug-likeness (QED) is 0.560. The van der Waals surface area contributed by atoms with Crippen molar-refractivity contribution in [1.29, 1.82) is 0 Å². The number of hydrazine groups is 1. The minimum atomic E-state index is -0.0717. The second-order valence-corrected chi connectivity index (χ2v) is 5.83. The molecule has 0 spiro atoms. The van der Waals surface area contributed by atoms with E-state index in [4.69, 9.17) is 10.6 Å². The zero-order chi connectivity index (χ0) is 14.3. The number of benzene rings is 1. The molecule has 0 aliphatic carbocycles. The highest BCUT2D eigenvalue weighted by atomic mass is 16.5. The summed E-state index contributed by atoms with van der Waals surface area (Å²) in [5.41, 5.74) is 5.63. The summed E-state index contributed by atoms with van der Waals surface area (Å²) in [5.74, 6) is 5.65. The highest BCUT2D eigenvalue weighted by Crippen LogP contribution is 2.19. The lowest BCUT2D eigenvalue weighted by atomic mass is 9.94. The standard InChI is InChI=1S/C16H28N2O/c1-13-7-5-6-8-14(13)9-10-15(18-17)11-12-16(2,3)19-4/h5-8,15,18H,9-12,17H2,1-4H3. The van der Waals surface area contributed by atoms with Crippen molar-refractivity contribution in [2.45, 2.75) is 58.1 Å². The summed E-state index contributed by atoms with van der Waals surface area (Å²) in [6.45, 7) is 6.39. The maximum atomic E-state index is 5.65. The topological polar surface area (TPSA) is 47.3 Å². The van der Waals surface area contributed by atoms with Crippen LogP contribution in [0.15, 0.2) is 24.3 Å². The summed E-state index contributed by atoms with van der Waals surface area (Å²) in [4.78, 5) is 0. The Balaban J connectivity index is 2.43. The van der Waals surface area contributed by atoms with Crippen LogP contribution in [0.25, 0.3) is 0 Å². The van der Waals surface area contributed by atoms with Gasteiger partial charge in [-0.15, -0.1) is 0 Å². The van der Waals surface area contributed by atoms with E-state index in [1.807, 2.05) is 0 Å². The molecule has 3 heteroatoms. The molecule has 0 saturated heterocycles. The Bertz CT molecular complexity index is 377. The molecule has 0 saturated carbocycles. The summed E-state index contributed by atoms with van der Waals surface area (Å²) in [7, 11) is 1.76. The number of hydrogen-bond donors (Lipinski definition) is 2. The Kier molecular flexibility index (Phi) is 6.49. The van der Waals surface area contributed by atoms with Gasteiger partial charge in [0.1, 0.15) is 0 Å². The Labute approximate surface area is 117 Å². The first kappa shape index (κ1) is 16.2. The maximum Gasteiger partial charge on any atom is 0.0623 e. The van der Waals surface area contributed by atoms with E-state index in [-0.39, 0.29) is 5.60 Å². The number of aryl methyl sites for hydroxylation is 2. The number of methoxy groups -OCH3 is 1. The highest BCUT2D eigenvalue weighted by Gasteiger charge is 2.18. The third-order valence-corrected chi connectivity index (χ3v) is 3.91. The lowest BCUT2D eigenvalue weighted by molar-refractivity contribution is 0.0115. The Morgan fingerprint density at radius 1 is 1.26 bits per heavy atom. The highest BCUT2D eigenvalue weighted by molar-refractivity contribution is 5.25. The number of rotatable bonds is 8.